The van der Waals surface area contributed by atoms with Crippen molar-refractivity contribution < 1.29 is 20.6 Å². The van der Waals surface area contributed by atoms with Gasteiger partial charge in [-0.1, -0.05) is 96.8 Å². The van der Waals surface area contributed by atoms with Crippen LogP contribution in [0.1, 0.15) is 11.1 Å². The zero-order valence-corrected chi connectivity index (χ0v) is 27.6. The summed E-state index contributed by atoms with van der Waals surface area (Å²) in [7, 11) is 0. The van der Waals surface area contributed by atoms with Gasteiger partial charge in [0, 0.05) is 29.2 Å². The lowest BCUT2D eigenvalue weighted by Gasteiger charge is -2.16. The molecule has 0 heterocycles. The average Bonchev–Trinajstić information content (AvgIpc) is 3.02. The molecule has 0 aliphatic rings. The fourth-order valence-corrected chi connectivity index (χ4v) is 6.14. The Bertz CT molecular complexity index is 1800. The van der Waals surface area contributed by atoms with E-state index in [0.29, 0.717) is 11.1 Å². The van der Waals surface area contributed by atoms with Crippen LogP contribution in [0.3, 0.4) is 0 Å². The number of halogens is 3. The van der Waals surface area contributed by atoms with Crippen LogP contribution in [0.15, 0.2) is 122 Å². The van der Waals surface area contributed by atoms with Gasteiger partial charge in [-0.3, -0.25) is 0 Å². The quantitative estimate of drug-likeness (QED) is 0.0346. The molecule has 0 aromatic heterocycles. The Morgan fingerprint density at radius 3 is 1.53 bits per heavy atom. The van der Waals surface area contributed by atoms with E-state index in [9.17, 15) is 10.2 Å². The Labute approximate surface area is 278 Å². The normalized spacial score (nSPS) is 11.5. The first kappa shape index (κ1) is 31.9. The molecule has 0 bridgehead atoms. The van der Waals surface area contributed by atoms with Crippen LogP contribution in [0.5, 0.6) is 11.5 Å². The van der Waals surface area contributed by atoms with Crippen LogP contribution >= 0.6 is 54.5 Å². The minimum Gasteiger partial charge on any atom is -0.508 e. The van der Waals surface area contributed by atoms with Gasteiger partial charge >= 0.3 is 0 Å². The topological polar surface area (TPSA) is 158 Å². The molecule has 218 valence electrons. The summed E-state index contributed by atoms with van der Waals surface area (Å²) in [5.74, 6) is 0.512. The highest BCUT2D eigenvalue weighted by atomic mass is 127. The molecule has 0 saturated heterocycles. The molecule has 0 spiro atoms. The van der Waals surface area contributed by atoms with Gasteiger partial charge < -0.3 is 32.1 Å². The van der Waals surface area contributed by atoms with Gasteiger partial charge in [0.2, 0.25) is 0 Å². The van der Waals surface area contributed by atoms with Gasteiger partial charge in [-0.15, -0.1) is 0 Å². The minimum absolute atomic E-state index is 0.0372. The van der Waals surface area contributed by atoms with Crippen LogP contribution in [0.2, 0.25) is 0 Å². The lowest BCUT2D eigenvalue weighted by molar-refractivity contribution is 0.318. The van der Waals surface area contributed by atoms with Crippen molar-refractivity contribution in [2.24, 2.45) is 21.8 Å². The largest absolute Gasteiger partial charge is 0.508 e. The molecule has 0 unspecified atom stereocenters. The van der Waals surface area contributed by atoms with Gasteiger partial charge in [0.25, 0.3) is 0 Å². The maximum absolute atomic E-state index is 9.54. The fraction of sp³-hybridized carbons (Fsp3) is 0. The Morgan fingerprint density at radius 1 is 0.581 bits per heavy atom. The molecule has 43 heavy (non-hydrogen) atoms. The first-order valence-electron chi connectivity index (χ1n) is 12.6. The zero-order chi connectivity index (χ0) is 31.1. The van der Waals surface area contributed by atoms with Crippen molar-refractivity contribution in [3.63, 3.8) is 0 Å². The van der Waals surface area contributed by atoms with Gasteiger partial charge in [-0.05, 0) is 98.9 Å². The molecule has 0 fully saturated rings. The van der Waals surface area contributed by atoms with Crippen LogP contribution in [0.25, 0.3) is 33.4 Å². The van der Waals surface area contributed by atoms with Crippen molar-refractivity contribution in [3.8, 4) is 44.9 Å². The number of hydrogen-bond acceptors (Lipinski definition) is 6. The molecule has 11 heteroatoms. The van der Waals surface area contributed by atoms with Crippen molar-refractivity contribution in [3.05, 3.63) is 127 Å². The van der Waals surface area contributed by atoms with E-state index in [1.165, 1.54) is 0 Å². The Kier molecular flexibility index (Phi) is 10.7. The van der Waals surface area contributed by atoms with E-state index in [4.69, 9.17) is 21.9 Å². The number of benzene rings is 5. The second-order valence-electron chi connectivity index (χ2n) is 9.12. The lowest BCUT2D eigenvalue weighted by Crippen LogP contribution is -2.15. The number of phenolic OH excluding ortho intramolecular Hbond substituents is 2. The molecule has 0 saturated carbocycles. The van der Waals surface area contributed by atoms with Crippen molar-refractivity contribution in [1.29, 1.82) is 0 Å². The highest BCUT2D eigenvalue weighted by Gasteiger charge is 2.17. The van der Waals surface area contributed by atoms with Crippen LogP contribution in [0, 0.1) is 3.57 Å². The van der Waals surface area contributed by atoms with E-state index >= 15 is 0 Å². The van der Waals surface area contributed by atoms with Crippen molar-refractivity contribution in [2.75, 3.05) is 0 Å². The summed E-state index contributed by atoms with van der Waals surface area (Å²) in [6.07, 6.45) is 0. The van der Waals surface area contributed by atoms with Crippen LogP contribution in [-0.2, 0) is 0 Å². The van der Waals surface area contributed by atoms with E-state index in [-0.39, 0.29) is 23.2 Å². The monoisotopic (exact) mass is 814 g/mol. The van der Waals surface area contributed by atoms with Gasteiger partial charge in [-0.2, -0.15) is 0 Å². The summed E-state index contributed by atoms with van der Waals surface area (Å²) < 4.78 is 2.52. The SMILES string of the molecule is NC(=NO)c1cc(Br)cc(-c2ccc(O)cc2)c1-c1ccccc1.NC(=NO)c1cc(Br)cc(-c2ccc(O)cc2)c1I. The van der Waals surface area contributed by atoms with Crippen LogP contribution in [0.4, 0.5) is 0 Å². The maximum Gasteiger partial charge on any atom is 0.171 e. The number of phenols is 2. The molecule has 5 aromatic rings. The number of nitrogens with zero attached hydrogens (tertiary/aromatic N) is 2. The highest BCUT2D eigenvalue weighted by Crippen LogP contribution is 2.38. The number of oxime groups is 2. The summed E-state index contributed by atoms with van der Waals surface area (Å²) in [5.41, 5.74) is 18.4. The lowest BCUT2D eigenvalue weighted by atomic mass is 9.90. The molecule has 5 aromatic carbocycles. The predicted molar refractivity (Wildman–Crippen MR) is 186 cm³/mol. The smallest absolute Gasteiger partial charge is 0.171 e. The summed E-state index contributed by atoms with van der Waals surface area (Å²) in [4.78, 5) is 0. The molecule has 0 radical (unpaired) electrons. The van der Waals surface area contributed by atoms with Crippen molar-refractivity contribution in [2.45, 2.75) is 0 Å². The Balaban J connectivity index is 0.000000203. The average molecular weight is 816 g/mol. The van der Waals surface area contributed by atoms with Gasteiger partial charge in [-0.25, -0.2) is 0 Å². The standard InChI is InChI=1S/C19H15BrN2O2.C13H10BrIN2O2/c20-14-10-16(12-6-8-15(23)9-7-12)18(13-4-2-1-3-5-13)17(11-14)19(21)22-24;14-8-5-10(7-1-3-9(18)4-2-7)12(15)11(6-8)13(16)17-19/h1-11,23-24H,(H2,21,22);1-6,18-19H,(H2,16,17). The molecular formula is C32H25Br2IN4O4. The van der Waals surface area contributed by atoms with Gasteiger partial charge in [0.05, 0.1) is 0 Å². The first-order chi connectivity index (χ1) is 20.6. The van der Waals surface area contributed by atoms with E-state index < -0.39 is 0 Å². The summed E-state index contributed by atoms with van der Waals surface area (Å²) >= 11 is 9.05. The van der Waals surface area contributed by atoms with E-state index in [1.807, 2.05) is 72.8 Å². The van der Waals surface area contributed by atoms with Gasteiger partial charge in [0.1, 0.15) is 11.5 Å². The third kappa shape index (κ3) is 7.66. The summed E-state index contributed by atoms with van der Waals surface area (Å²) in [6, 6.07) is 31.1. The highest BCUT2D eigenvalue weighted by molar-refractivity contribution is 14.1. The third-order valence-corrected chi connectivity index (χ3v) is 8.40. The van der Waals surface area contributed by atoms with Crippen molar-refractivity contribution in [1.82, 2.24) is 0 Å². The van der Waals surface area contributed by atoms with Gasteiger partial charge in [0.15, 0.2) is 11.7 Å². The molecule has 0 aliphatic carbocycles. The third-order valence-electron chi connectivity index (χ3n) is 6.33. The number of aromatic hydroxyl groups is 2. The van der Waals surface area contributed by atoms with E-state index in [1.54, 1.807) is 30.3 Å². The van der Waals surface area contributed by atoms with E-state index in [2.05, 4.69) is 64.8 Å². The molecular weight excluding hydrogens is 791 g/mol. The molecule has 8 nitrogen and oxygen atoms in total. The van der Waals surface area contributed by atoms with Crippen LogP contribution < -0.4 is 11.5 Å². The molecule has 8 N–H and O–H groups in total. The maximum atomic E-state index is 9.54. The Hall–Kier alpha value is -4.07. The predicted octanol–water partition coefficient (Wildman–Crippen LogP) is 8.10. The number of hydrogen-bond donors (Lipinski definition) is 6. The second kappa shape index (κ2) is 14.4. The summed E-state index contributed by atoms with van der Waals surface area (Å²) in [6.45, 7) is 0. The van der Waals surface area contributed by atoms with E-state index in [0.717, 1.165) is 45.9 Å². The van der Waals surface area contributed by atoms with Crippen LogP contribution in [-0.4, -0.2) is 32.3 Å². The first-order valence-corrected chi connectivity index (χ1v) is 15.2. The molecule has 0 aliphatic heterocycles. The molecule has 5 rings (SSSR count). The second-order valence-corrected chi connectivity index (χ2v) is 12.0. The minimum atomic E-state index is 0.0372. The number of nitrogens with two attached hydrogens (primary N) is 2. The zero-order valence-electron chi connectivity index (χ0n) is 22.3. The Morgan fingerprint density at radius 2 is 1.02 bits per heavy atom. The summed E-state index contributed by atoms with van der Waals surface area (Å²) in [5, 5.41) is 43.1. The van der Waals surface area contributed by atoms with Crippen molar-refractivity contribution >= 4 is 66.1 Å². The number of amidine groups is 2. The molecule has 0 amide bonds. The molecule has 0 atom stereocenters. The fourth-order valence-electron chi connectivity index (χ4n) is 4.33. The number of rotatable bonds is 5.